The molecule has 0 saturated carbocycles. The van der Waals surface area contributed by atoms with Crippen LogP contribution < -0.4 is 10.1 Å². The number of ether oxygens (including phenoxy) is 2. The highest BCUT2D eigenvalue weighted by Crippen LogP contribution is 2.29. The standard InChI is InChI=1S/C25H22N4O4S/c1-32-21-14-12-20(13-15-21)29-23(17-6-4-3-5-7-17)27-28-25(29)34-16-22(30)26-19-10-8-18(9-11-19)24(31)33-2/h3-15H,16H2,1-2H3,(H,26,30). The molecule has 0 aliphatic rings. The third-order valence-electron chi connectivity index (χ3n) is 4.92. The molecule has 1 heterocycles. The van der Waals surface area contributed by atoms with Gasteiger partial charge in [-0.25, -0.2) is 4.79 Å². The Morgan fingerprint density at radius 1 is 0.912 bits per heavy atom. The first-order valence-electron chi connectivity index (χ1n) is 10.4. The Bertz CT molecular complexity index is 1270. The zero-order valence-electron chi connectivity index (χ0n) is 18.6. The lowest BCUT2D eigenvalue weighted by molar-refractivity contribution is -0.113. The Balaban J connectivity index is 1.52. The van der Waals surface area contributed by atoms with Crippen molar-refractivity contribution >= 4 is 29.3 Å². The summed E-state index contributed by atoms with van der Waals surface area (Å²) in [6, 6.07) is 23.8. The van der Waals surface area contributed by atoms with E-state index in [0.717, 1.165) is 17.0 Å². The van der Waals surface area contributed by atoms with Gasteiger partial charge in [0.15, 0.2) is 11.0 Å². The van der Waals surface area contributed by atoms with Gasteiger partial charge in [-0.15, -0.1) is 10.2 Å². The smallest absolute Gasteiger partial charge is 0.337 e. The lowest BCUT2D eigenvalue weighted by atomic mass is 10.2. The number of nitrogens with one attached hydrogen (secondary N) is 1. The number of carbonyl (C=O) groups excluding carboxylic acids is 2. The molecule has 0 spiro atoms. The van der Waals surface area contributed by atoms with Crippen molar-refractivity contribution in [2.75, 3.05) is 25.3 Å². The zero-order valence-corrected chi connectivity index (χ0v) is 19.4. The Morgan fingerprint density at radius 3 is 2.26 bits per heavy atom. The molecule has 8 nitrogen and oxygen atoms in total. The monoisotopic (exact) mass is 474 g/mol. The van der Waals surface area contributed by atoms with Crippen molar-refractivity contribution in [3.63, 3.8) is 0 Å². The summed E-state index contributed by atoms with van der Waals surface area (Å²) < 4.78 is 11.9. The number of hydrogen-bond acceptors (Lipinski definition) is 7. The molecule has 1 aromatic heterocycles. The van der Waals surface area contributed by atoms with Crippen LogP contribution in [0.4, 0.5) is 5.69 Å². The van der Waals surface area contributed by atoms with Gasteiger partial charge >= 0.3 is 5.97 Å². The third kappa shape index (κ3) is 5.26. The molecule has 0 unspecified atom stereocenters. The fraction of sp³-hybridized carbons (Fsp3) is 0.120. The number of hydrogen-bond donors (Lipinski definition) is 1. The van der Waals surface area contributed by atoms with Gasteiger partial charge in [-0.1, -0.05) is 42.1 Å². The SMILES string of the molecule is COC(=O)c1ccc(NC(=O)CSc2nnc(-c3ccccc3)n2-c2ccc(OC)cc2)cc1. The van der Waals surface area contributed by atoms with Gasteiger partial charge in [0.25, 0.3) is 0 Å². The number of methoxy groups -OCH3 is 2. The van der Waals surface area contributed by atoms with Gasteiger partial charge in [0.05, 0.1) is 25.5 Å². The van der Waals surface area contributed by atoms with Crippen molar-refractivity contribution in [1.82, 2.24) is 14.8 Å². The number of anilines is 1. The number of nitrogens with zero attached hydrogens (tertiary/aromatic N) is 3. The summed E-state index contributed by atoms with van der Waals surface area (Å²) in [7, 11) is 2.94. The normalized spacial score (nSPS) is 10.5. The van der Waals surface area contributed by atoms with Gasteiger partial charge in [0.1, 0.15) is 5.75 Å². The van der Waals surface area contributed by atoms with Crippen molar-refractivity contribution in [2.24, 2.45) is 0 Å². The molecule has 0 fully saturated rings. The van der Waals surface area contributed by atoms with Crippen LogP contribution in [0, 0.1) is 0 Å². The number of carbonyl (C=O) groups is 2. The summed E-state index contributed by atoms with van der Waals surface area (Å²) in [5.41, 5.74) is 2.76. The first-order chi connectivity index (χ1) is 16.6. The minimum Gasteiger partial charge on any atom is -0.497 e. The molecule has 0 aliphatic carbocycles. The maximum absolute atomic E-state index is 12.6. The highest BCUT2D eigenvalue weighted by atomic mass is 32.2. The molecule has 34 heavy (non-hydrogen) atoms. The van der Waals surface area contributed by atoms with E-state index < -0.39 is 5.97 Å². The molecule has 1 N–H and O–H groups in total. The highest BCUT2D eigenvalue weighted by molar-refractivity contribution is 7.99. The highest BCUT2D eigenvalue weighted by Gasteiger charge is 2.17. The quantitative estimate of drug-likeness (QED) is 0.298. The fourth-order valence-corrected chi connectivity index (χ4v) is 3.99. The van der Waals surface area contributed by atoms with Crippen LogP contribution in [0.15, 0.2) is 84.0 Å². The maximum Gasteiger partial charge on any atom is 0.337 e. The first kappa shape index (κ1) is 23.1. The summed E-state index contributed by atoms with van der Waals surface area (Å²) in [6.45, 7) is 0. The van der Waals surface area contributed by atoms with Crippen LogP contribution in [0.5, 0.6) is 5.75 Å². The van der Waals surface area contributed by atoms with E-state index in [2.05, 4.69) is 20.3 Å². The number of aromatic nitrogens is 3. The number of amides is 1. The number of thioether (sulfide) groups is 1. The summed E-state index contributed by atoms with van der Waals surface area (Å²) in [5, 5.41) is 12.1. The summed E-state index contributed by atoms with van der Waals surface area (Å²) in [5.74, 6) is 0.904. The molecule has 0 radical (unpaired) electrons. The molecule has 172 valence electrons. The summed E-state index contributed by atoms with van der Waals surface area (Å²) >= 11 is 1.28. The molecule has 1 amide bonds. The molecule has 4 aromatic rings. The molecule has 0 aliphatic heterocycles. The topological polar surface area (TPSA) is 95.3 Å². The van der Waals surface area contributed by atoms with E-state index in [1.54, 1.807) is 31.4 Å². The molecular formula is C25H22N4O4S. The minimum atomic E-state index is -0.430. The van der Waals surface area contributed by atoms with Crippen LogP contribution in [0.1, 0.15) is 10.4 Å². The van der Waals surface area contributed by atoms with E-state index in [4.69, 9.17) is 4.74 Å². The van der Waals surface area contributed by atoms with Gasteiger partial charge in [0, 0.05) is 16.9 Å². The largest absolute Gasteiger partial charge is 0.497 e. The lowest BCUT2D eigenvalue weighted by Gasteiger charge is -2.11. The van der Waals surface area contributed by atoms with E-state index in [0.29, 0.717) is 22.2 Å². The second-order valence-corrected chi connectivity index (χ2v) is 8.05. The Labute approximate surface area is 200 Å². The van der Waals surface area contributed by atoms with E-state index in [-0.39, 0.29) is 11.7 Å². The van der Waals surface area contributed by atoms with E-state index in [1.807, 2.05) is 59.2 Å². The predicted octanol–water partition coefficient (Wildman–Crippen LogP) is 4.46. The lowest BCUT2D eigenvalue weighted by Crippen LogP contribution is -2.14. The molecule has 4 rings (SSSR count). The van der Waals surface area contributed by atoms with E-state index >= 15 is 0 Å². The van der Waals surface area contributed by atoms with Crippen LogP contribution in [0.25, 0.3) is 17.1 Å². The second kappa shape index (κ2) is 10.7. The minimum absolute atomic E-state index is 0.127. The molecule has 0 atom stereocenters. The Morgan fingerprint density at radius 2 is 1.62 bits per heavy atom. The first-order valence-corrected chi connectivity index (χ1v) is 11.3. The van der Waals surface area contributed by atoms with E-state index in [1.165, 1.54) is 18.9 Å². The van der Waals surface area contributed by atoms with Crippen LogP contribution >= 0.6 is 11.8 Å². The van der Waals surface area contributed by atoms with Gasteiger partial charge in [0.2, 0.25) is 5.91 Å². The molecule has 0 saturated heterocycles. The van der Waals surface area contributed by atoms with Crippen molar-refractivity contribution in [3.05, 3.63) is 84.4 Å². The van der Waals surface area contributed by atoms with Crippen molar-refractivity contribution in [3.8, 4) is 22.8 Å². The Hall–Kier alpha value is -4.11. The van der Waals surface area contributed by atoms with Crippen LogP contribution in [-0.2, 0) is 9.53 Å². The van der Waals surface area contributed by atoms with Gasteiger partial charge < -0.3 is 14.8 Å². The van der Waals surface area contributed by atoms with Crippen molar-refractivity contribution < 1.29 is 19.1 Å². The average molecular weight is 475 g/mol. The van der Waals surface area contributed by atoms with Crippen LogP contribution in [0.3, 0.4) is 0 Å². The summed E-state index contributed by atoms with van der Waals surface area (Å²) in [4.78, 5) is 24.1. The van der Waals surface area contributed by atoms with Crippen molar-refractivity contribution in [1.29, 1.82) is 0 Å². The van der Waals surface area contributed by atoms with Gasteiger partial charge in [-0.3, -0.25) is 9.36 Å². The maximum atomic E-state index is 12.6. The van der Waals surface area contributed by atoms with E-state index in [9.17, 15) is 9.59 Å². The van der Waals surface area contributed by atoms with Crippen LogP contribution in [0.2, 0.25) is 0 Å². The van der Waals surface area contributed by atoms with Gasteiger partial charge in [-0.2, -0.15) is 0 Å². The number of rotatable bonds is 8. The molecule has 0 bridgehead atoms. The van der Waals surface area contributed by atoms with Crippen LogP contribution in [-0.4, -0.2) is 46.6 Å². The average Bonchev–Trinajstić information content (AvgIpc) is 3.32. The Kier molecular flexibility index (Phi) is 7.24. The van der Waals surface area contributed by atoms with Crippen molar-refractivity contribution in [2.45, 2.75) is 5.16 Å². The predicted molar refractivity (Wildman–Crippen MR) is 130 cm³/mol. The molecule has 9 heteroatoms. The summed E-state index contributed by atoms with van der Waals surface area (Å²) in [6.07, 6.45) is 0. The third-order valence-corrected chi connectivity index (χ3v) is 5.85. The molecule has 3 aromatic carbocycles. The molecular weight excluding hydrogens is 452 g/mol. The number of benzene rings is 3. The zero-order chi connectivity index (χ0) is 23.9. The fourth-order valence-electron chi connectivity index (χ4n) is 3.24. The number of esters is 1. The van der Waals surface area contributed by atoms with Gasteiger partial charge in [-0.05, 0) is 48.5 Å². The second-order valence-electron chi connectivity index (χ2n) is 7.11.